The van der Waals surface area contributed by atoms with Crippen LogP contribution in [0.4, 0.5) is 5.13 Å². The summed E-state index contributed by atoms with van der Waals surface area (Å²) in [4.78, 5) is 20.8. The number of rotatable bonds is 5. The van der Waals surface area contributed by atoms with Crippen molar-refractivity contribution < 1.29 is 13.2 Å². The largest absolute Gasteiger partial charge is 0.298 e. The third-order valence-corrected chi connectivity index (χ3v) is 6.29. The average molecular weight is 412 g/mol. The molecule has 0 aliphatic heterocycles. The van der Waals surface area contributed by atoms with Crippen LogP contribution in [0.1, 0.15) is 31.2 Å². The number of carbonyl (C=O) groups is 1. The Kier molecular flexibility index (Phi) is 5.74. The zero-order valence-corrected chi connectivity index (χ0v) is 16.5. The number of nitrogens with one attached hydrogen (secondary N) is 1. The highest BCUT2D eigenvalue weighted by atomic mass is 35.5. The fourth-order valence-electron chi connectivity index (χ4n) is 2.96. The second kappa shape index (κ2) is 7.85. The molecule has 26 heavy (non-hydrogen) atoms. The minimum Gasteiger partial charge on any atom is -0.298 e. The molecule has 0 bridgehead atoms. The summed E-state index contributed by atoms with van der Waals surface area (Å²) in [5.74, 6) is -0.00257. The van der Waals surface area contributed by atoms with Gasteiger partial charge in [0.1, 0.15) is 0 Å². The lowest BCUT2D eigenvalue weighted by molar-refractivity contribution is -0.111. The molecule has 1 amide bonds. The van der Waals surface area contributed by atoms with Crippen LogP contribution >= 0.6 is 22.9 Å². The first kappa shape index (κ1) is 19.0. The lowest BCUT2D eigenvalue weighted by Crippen LogP contribution is -2.15. The molecule has 0 unspecified atom stereocenters. The van der Waals surface area contributed by atoms with Crippen LogP contribution in [0.3, 0.4) is 0 Å². The summed E-state index contributed by atoms with van der Waals surface area (Å²) in [5, 5.41) is 4.85. The van der Waals surface area contributed by atoms with E-state index in [0.29, 0.717) is 22.2 Å². The Morgan fingerprint density at radius 3 is 2.65 bits per heavy atom. The van der Waals surface area contributed by atoms with Gasteiger partial charge in [0.15, 0.2) is 20.0 Å². The van der Waals surface area contributed by atoms with Gasteiger partial charge in [0, 0.05) is 35.2 Å². The van der Waals surface area contributed by atoms with Crippen molar-refractivity contribution in [3.8, 4) is 0 Å². The SMILES string of the molecule is CS(=O)(=O)c1ncc(C(=CC2CCCC2)C(=O)Nc2nccs2)cc1Cl. The molecule has 1 aliphatic carbocycles. The van der Waals surface area contributed by atoms with Crippen LogP contribution in [0, 0.1) is 5.92 Å². The van der Waals surface area contributed by atoms with Crippen molar-refractivity contribution in [2.45, 2.75) is 30.7 Å². The molecule has 138 valence electrons. The Morgan fingerprint density at radius 2 is 2.08 bits per heavy atom. The number of nitrogens with zero attached hydrogens (tertiary/aromatic N) is 2. The summed E-state index contributed by atoms with van der Waals surface area (Å²) in [6.45, 7) is 0. The van der Waals surface area contributed by atoms with Crippen molar-refractivity contribution in [3.05, 3.63) is 40.5 Å². The maximum absolute atomic E-state index is 12.8. The molecule has 0 spiro atoms. The summed E-state index contributed by atoms with van der Waals surface area (Å²) in [6.07, 6.45) is 10.3. The van der Waals surface area contributed by atoms with E-state index in [0.717, 1.165) is 31.9 Å². The van der Waals surface area contributed by atoms with E-state index in [4.69, 9.17) is 11.6 Å². The molecule has 0 radical (unpaired) electrons. The molecule has 1 N–H and O–H groups in total. The third-order valence-electron chi connectivity index (χ3n) is 4.17. The number of anilines is 1. The quantitative estimate of drug-likeness (QED) is 0.755. The summed E-state index contributed by atoms with van der Waals surface area (Å²) in [5.41, 5.74) is 0.921. The van der Waals surface area contributed by atoms with Gasteiger partial charge in [-0.1, -0.05) is 30.5 Å². The Labute approximate surface area is 161 Å². The van der Waals surface area contributed by atoms with Gasteiger partial charge in [-0.25, -0.2) is 18.4 Å². The summed E-state index contributed by atoms with van der Waals surface area (Å²) < 4.78 is 23.4. The summed E-state index contributed by atoms with van der Waals surface area (Å²) >= 11 is 7.44. The molecule has 1 fully saturated rings. The van der Waals surface area contributed by atoms with E-state index in [2.05, 4.69) is 15.3 Å². The molecule has 2 aromatic rings. The molecule has 0 aromatic carbocycles. The number of pyridine rings is 1. The maximum atomic E-state index is 12.8. The number of halogens is 1. The molecule has 3 rings (SSSR count). The first-order chi connectivity index (χ1) is 12.3. The molecule has 0 atom stereocenters. The minimum absolute atomic E-state index is 0.00405. The number of hydrogen-bond donors (Lipinski definition) is 1. The van der Waals surface area contributed by atoms with Crippen molar-refractivity contribution in [2.24, 2.45) is 5.92 Å². The number of amides is 1. The highest BCUT2D eigenvalue weighted by Crippen LogP contribution is 2.31. The molecule has 2 heterocycles. The van der Waals surface area contributed by atoms with Crippen LogP contribution in [-0.4, -0.2) is 30.5 Å². The van der Waals surface area contributed by atoms with E-state index < -0.39 is 9.84 Å². The predicted octanol–water partition coefficient (Wildman–Crippen LogP) is 3.81. The second-order valence-corrected chi connectivity index (χ2v) is 9.43. The number of carbonyl (C=O) groups excluding carboxylic acids is 1. The van der Waals surface area contributed by atoms with Gasteiger partial charge in [0.05, 0.1) is 5.02 Å². The molecule has 2 aromatic heterocycles. The smallest absolute Gasteiger partial charge is 0.257 e. The average Bonchev–Trinajstić information content (AvgIpc) is 3.24. The normalized spacial score (nSPS) is 16.0. The van der Waals surface area contributed by atoms with Crippen molar-refractivity contribution in [1.29, 1.82) is 0 Å². The number of thiazole rings is 1. The molecular formula is C17H18ClN3O3S2. The van der Waals surface area contributed by atoms with Crippen molar-refractivity contribution >= 4 is 49.4 Å². The fourth-order valence-corrected chi connectivity index (χ4v) is 4.73. The van der Waals surface area contributed by atoms with E-state index in [-0.39, 0.29) is 16.0 Å². The van der Waals surface area contributed by atoms with Crippen molar-refractivity contribution in [1.82, 2.24) is 9.97 Å². The van der Waals surface area contributed by atoms with E-state index >= 15 is 0 Å². The van der Waals surface area contributed by atoms with Crippen LogP contribution in [0.25, 0.3) is 5.57 Å². The monoisotopic (exact) mass is 411 g/mol. The molecule has 0 saturated heterocycles. The standard InChI is InChI=1S/C17H18ClN3O3S2/c1-26(23,24)16-14(18)9-12(10-20-16)13(8-11-4-2-3-5-11)15(22)21-17-19-6-7-25-17/h6-11H,2-5H2,1H3,(H,19,21,22). The van der Waals surface area contributed by atoms with Gasteiger partial charge >= 0.3 is 0 Å². The maximum Gasteiger partial charge on any atom is 0.257 e. The van der Waals surface area contributed by atoms with Crippen LogP contribution in [-0.2, 0) is 14.6 Å². The Hall–Kier alpha value is -1.77. The van der Waals surface area contributed by atoms with Crippen LogP contribution in [0.2, 0.25) is 5.02 Å². The Morgan fingerprint density at radius 1 is 1.35 bits per heavy atom. The zero-order valence-electron chi connectivity index (χ0n) is 14.1. The molecule has 1 aliphatic rings. The molecule has 1 saturated carbocycles. The van der Waals surface area contributed by atoms with Gasteiger partial charge in [0.2, 0.25) is 0 Å². The zero-order chi connectivity index (χ0) is 18.7. The Bertz CT molecular complexity index is 934. The topological polar surface area (TPSA) is 89.0 Å². The first-order valence-electron chi connectivity index (χ1n) is 8.13. The first-order valence-corrected chi connectivity index (χ1v) is 11.3. The van der Waals surface area contributed by atoms with E-state index in [9.17, 15) is 13.2 Å². The van der Waals surface area contributed by atoms with Gasteiger partial charge in [-0.05, 0) is 24.8 Å². The van der Waals surface area contributed by atoms with Crippen LogP contribution < -0.4 is 5.32 Å². The van der Waals surface area contributed by atoms with Gasteiger partial charge < -0.3 is 0 Å². The van der Waals surface area contributed by atoms with E-state index in [1.165, 1.54) is 23.6 Å². The number of allylic oxidation sites excluding steroid dienone is 1. The van der Waals surface area contributed by atoms with E-state index in [1.807, 2.05) is 6.08 Å². The third kappa shape index (κ3) is 4.49. The lowest BCUT2D eigenvalue weighted by atomic mass is 9.99. The van der Waals surface area contributed by atoms with Crippen LogP contribution in [0.15, 0.2) is 34.9 Å². The number of aromatic nitrogens is 2. The van der Waals surface area contributed by atoms with Crippen LogP contribution in [0.5, 0.6) is 0 Å². The predicted molar refractivity (Wildman–Crippen MR) is 103 cm³/mol. The highest BCUT2D eigenvalue weighted by Gasteiger charge is 2.21. The second-order valence-electron chi connectivity index (χ2n) is 6.20. The van der Waals surface area contributed by atoms with Gasteiger partial charge in [-0.2, -0.15) is 0 Å². The van der Waals surface area contributed by atoms with Gasteiger partial charge in [-0.3, -0.25) is 10.1 Å². The Balaban J connectivity index is 1.97. The van der Waals surface area contributed by atoms with Gasteiger partial charge in [-0.15, -0.1) is 11.3 Å². The molecule has 9 heteroatoms. The molecule has 6 nitrogen and oxygen atoms in total. The minimum atomic E-state index is -3.53. The number of sulfone groups is 1. The number of hydrogen-bond acceptors (Lipinski definition) is 6. The fraction of sp³-hybridized carbons (Fsp3) is 0.353. The van der Waals surface area contributed by atoms with Crippen molar-refractivity contribution in [2.75, 3.05) is 11.6 Å². The summed E-state index contributed by atoms with van der Waals surface area (Å²) in [7, 11) is -3.53. The highest BCUT2D eigenvalue weighted by molar-refractivity contribution is 7.90. The summed E-state index contributed by atoms with van der Waals surface area (Å²) in [6, 6.07) is 1.48. The lowest BCUT2D eigenvalue weighted by Gasteiger charge is -2.12. The van der Waals surface area contributed by atoms with E-state index in [1.54, 1.807) is 11.6 Å². The van der Waals surface area contributed by atoms with Crippen molar-refractivity contribution in [3.63, 3.8) is 0 Å². The van der Waals surface area contributed by atoms with Gasteiger partial charge in [0.25, 0.3) is 5.91 Å². The molecular weight excluding hydrogens is 394 g/mol.